The van der Waals surface area contributed by atoms with Crippen molar-refractivity contribution < 1.29 is 14.3 Å². The van der Waals surface area contributed by atoms with Gasteiger partial charge in [-0.25, -0.2) is 0 Å². The minimum Gasteiger partial charge on any atom is -0.494 e. The molecular weight excluding hydrogens is 384 g/mol. The molecule has 0 saturated heterocycles. The fourth-order valence-electron chi connectivity index (χ4n) is 2.41. The lowest BCUT2D eigenvalue weighted by molar-refractivity contribution is 0.0977. The Morgan fingerprint density at radius 1 is 1.07 bits per heavy atom. The van der Waals surface area contributed by atoms with Crippen LogP contribution >= 0.6 is 12.2 Å². The summed E-state index contributed by atoms with van der Waals surface area (Å²) in [4.78, 5) is 12.4. The lowest BCUT2D eigenvalue weighted by Crippen LogP contribution is -2.34. The molecule has 0 aliphatic carbocycles. The van der Waals surface area contributed by atoms with Crippen LogP contribution in [0.5, 0.6) is 11.5 Å². The van der Waals surface area contributed by atoms with Gasteiger partial charge in [0.05, 0.1) is 12.7 Å². The predicted octanol–water partition coefficient (Wildman–Crippen LogP) is 5.42. The zero-order chi connectivity index (χ0) is 21.2. The summed E-state index contributed by atoms with van der Waals surface area (Å²) >= 11 is 5.27. The molecule has 2 N–H and O–H groups in total. The lowest BCUT2D eigenvalue weighted by Gasteiger charge is -2.13. The highest BCUT2D eigenvalue weighted by Gasteiger charge is 2.09. The third-order valence-corrected chi connectivity index (χ3v) is 4.52. The van der Waals surface area contributed by atoms with E-state index in [4.69, 9.17) is 21.7 Å². The molecule has 1 amide bonds. The number of hydrogen-bond acceptors (Lipinski definition) is 4. The monoisotopic (exact) mass is 414 g/mol. The molecule has 0 spiro atoms. The molecular formula is C23H30N2O3S. The van der Waals surface area contributed by atoms with Gasteiger partial charge in [0.15, 0.2) is 5.11 Å². The molecule has 0 saturated carbocycles. The Morgan fingerprint density at radius 2 is 1.79 bits per heavy atom. The number of hydrogen-bond donors (Lipinski definition) is 2. The van der Waals surface area contributed by atoms with Gasteiger partial charge in [0.1, 0.15) is 11.5 Å². The molecule has 5 nitrogen and oxygen atoms in total. The van der Waals surface area contributed by atoms with E-state index in [1.807, 2.05) is 31.2 Å². The Balaban J connectivity index is 1.87. The number of amides is 1. The van der Waals surface area contributed by atoms with Gasteiger partial charge in [-0.2, -0.15) is 0 Å². The van der Waals surface area contributed by atoms with E-state index in [-0.39, 0.29) is 17.1 Å². The second-order valence-electron chi connectivity index (χ2n) is 7.33. The molecule has 0 fully saturated rings. The van der Waals surface area contributed by atoms with Gasteiger partial charge >= 0.3 is 0 Å². The molecule has 29 heavy (non-hydrogen) atoms. The molecule has 1 atom stereocenters. The molecule has 0 bridgehead atoms. The molecule has 0 aromatic heterocycles. The van der Waals surface area contributed by atoms with Gasteiger partial charge in [0.25, 0.3) is 5.91 Å². The first-order chi connectivity index (χ1) is 13.9. The minimum absolute atomic E-state index is 0.136. The van der Waals surface area contributed by atoms with Crippen LogP contribution in [-0.2, 0) is 0 Å². The number of ether oxygens (including phenoxy) is 2. The third-order valence-electron chi connectivity index (χ3n) is 4.31. The van der Waals surface area contributed by atoms with Crippen LogP contribution in [-0.4, -0.2) is 23.7 Å². The Bertz CT molecular complexity index is 806. The molecule has 6 heteroatoms. The summed E-state index contributed by atoms with van der Waals surface area (Å²) in [6.07, 6.45) is 2.05. The van der Waals surface area contributed by atoms with E-state index in [1.165, 1.54) is 0 Å². The Kier molecular flexibility index (Phi) is 8.93. The molecule has 0 heterocycles. The molecule has 2 aromatic rings. The number of anilines is 1. The van der Waals surface area contributed by atoms with E-state index in [9.17, 15) is 4.79 Å². The quantitative estimate of drug-likeness (QED) is 0.537. The first kappa shape index (κ1) is 22.7. The van der Waals surface area contributed by atoms with Crippen molar-refractivity contribution >= 4 is 28.9 Å². The minimum atomic E-state index is -0.276. The van der Waals surface area contributed by atoms with Crippen molar-refractivity contribution in [1.82, 2.24) is 5.32 Å². The van der Waals surface area contributed by atoms with Crippen molar-refractivity contribution in [1.29, 1.82) is 0 Å². The van der Waals surface area contributed by atoms with Crippen LogP contribution in [0.25, 0.3) is 0 Å². The first-order valence-electron chi connectivity index (χ1n) is 9.99. The highest BCUT2D eigenvalue weighted by molar-refractivity contribution is 7.80. The van der Waals surface area contributed by atoms with Gasteiger partial charge in [-0.15, -0.1) is 0 Å². The Morgan fingerprint density at radius 3 is 2.45 bits per heavy atom. The summed E-state index contributed by atoms with van der Waals surface area (Å²) in [6.45, 7) is 9.06. The van der Waals surface area contributed by atoms with Crippen LogP contribution in [0, 0.1) is 5.92 Å². The maximum Gasteiger partial charge on any atom is 0.257 e. The molecule has 0 aliphatic rings. The Hall–Kier alpha value is -2.60. The molecule has 0 aliphatic heterocycles. The van der Waals surface area contributed by atoms with Crippen LogP contribution in [0.15, 0.2) is 48.5 Å². The van der Waals surface area contributed by atoms with E-state index in [2.05, 4.69) is 31.4 Å². The van der Waals surface area contributed by atoms with Gasteiger partial charge in [-0.05, 0) is 74.3 Å². The predicted molar refractivity (Wildman–Crippen MR) is 122 cm³/mol. The second-order valence-corrected chi connectivity index (χ2v) is 7.74. The van der Waals surface area contributed by atoms with Gasteiger partial charge < -0.3 is 14.8 Å². The number of carbonyl (C=O) groups excluding carboxylic acids is 1. The molecule has 2 aromatic carbocycles. The van der Waals surface area contributed by atoms with Crippen molar-refractivity contribution in [3.05, 3.63) is 54.1 Å². The maximum atomic E-state index is 12.4. The van der Waals surface area contributed by atoms with Crippen molar-refractivity contribution in [2.75, 3.05) is 11.9 Å². The van der Waals surface area contributed by atoms with E-state index in [0.29, 0.717) is 18.1 Å². The van der Waals surface area contributed by atoms with Crippen molar-refractivity contribution in [3.63, 3.8) is 0 Å². The van der Waals surface area contributed by atoms with Crippen molar-refractivity contribution in [3.8, 4) is 11.5 Å². The summed E-state index contributed by atoms with van der Waals surface area (Å²) in [6, 6.07) is 14.5. The number of carbonyl (C=O) groups is 1. The lowest BCUT2D eigenvalue weighted by atomic mass is 10.1. The van der Waals surface area contributed by atoms with E-state index >= 15 is 0 Å². The summed E-state index contributed by atoms with van der Waals surface area (Å²) in [5, 5.41) is 5.95. The van der Waals surface area contributed by atoms with Gasteiger partial charge in [-0.3, -0.25) is 10.1 Å². The fraction of sp³-hybridized carbons (Fsp3) is 0.391. The molecule has 1 unspecified atom stereocenters. The molecule has 2 rings (SSSR count). The fourth-order valence-corrected chi connectivity index (χ4v) is 2.62. The normalized spacial score (nSPS) is 11.6. The Labute approximate surface area is 178 Å². The number of thiocarbonyl (C=S) groups is 1. The highest BCUT2D eigenvalue weighted by atomic mass is 32.1. The van der Waals surface area contributed by atoms with Gasteiger partial charge in [0, 0.05) is 17.3 Å². The van der Waals surface area contributed by atoms with Gasteiger partial charge in [-0.1, -0.05) is 26.8 Å². The zero-order valence-electron chi connectivity index (χ0n) is 17.5. The van der Waals surface area contributed by atoms with Crippen LogP contribution in [0.3, 0.4) is 0 Å². The third kappa shape index (κ3) is 8.11. The van der Waals surface area contributed by atoms with E-state index in [1.54, 1.807) is 24.3 Å². The summed E-state index contributed by atoms with van der Waals surface area (Å²) < 4.78 is 11.5. The van der Waals surface area contributed by atoms with Gasteiger partial charge in [0.2, 0.25) is 0 Å². The SMILES string of the molecule is CCC(C)Oc1ccc(C(=O)NC(=S)Nc2cccc(OCCC(C)C)c2)cc1. The standard InChI is InChI=1S/C23H30N2O3S/c1-5-17(4)28-20-11-9-18(10-12-20)22(26)25-23(29)24-19-7-6-8-21(15-19)27-14-13-16(2)3/h6-12,15-17H,5,13-14H2,1-4H3,(H2,24,25,26,29). The maximum absolute atomic E-state index is 12.4. The summed E-state index contributed by atoms with van der Waals surface area (Å²) in [5.41, 5.74) is 1.27. The summed E-state index contributed by atoms with van der Waals surface area (Å²) in [7, 11) is 0. The average Bonchev–Trinajstić information content (AvgIpc) is 2.68. The van der Waals surface area contributed by atoms with Crippen LogP contribution in [0.4, 0.5) is 5.69 Å². The summed E-state index contributed by atoms with van der Waals surface area (Å²) in [5.74, 6) is 1.82. The number of benzene rings is 2. The second kappa shape index (κ2) is 11.4. The van der Waals surface area contributed by atoms with Crippen molar-refractivity contribution in [2.45, 2.75) is 46.6 Å². The van der Waals surface area contributed by atoms with E-state index < -0.39 is 0 Å². The molecule has 0 radical (unpaired) electrons. The molecule has 156 valence electrons. The average molecular weight is 415 g/mol. The highest BCUT2D eigenvalue weighted by Crippen LogP contribution is 2.18. The zero-order valence-corrected chi connectivity index (χ0v) is 18.3. The van der Waals surface area contributed by atoms with Crippen molar-refractivity contribution in [2.24, 2.45) is 5.92 Å². The van der Waals surface area contributed by atoms with Crippen LogP contribution < -0.4 is 20.1 Å². The smallest absolute Gasteiger partial charge is 0.257 e. The van der Waals surface area contributed by atoms with Crippen LogP contribution in [0.2, 0.25) is 0 Å². The number of rotatable bonds is 9. The van der Waals surface area contributed by atoms with E-state index in [0.717, 1.165) is 30.0 Å². The number of nitrogens with one attached hydrogen (secondary N) is 2. The van der Waals surface area contributed by atoms with Crippen LogP contribution in [0.1, 0.15) is 50.9 Å². The first-order valence-corrected chi connectivity index (χ1v) is 10.4. The largest absolute Gasteiger partial charge is 0.494 e. The topological polar surface area (TPSA) is 59.6 Å².